The molecule has 21 heavy (non-hydrogen) atoms. The minimum atomic E-state index is -0.246. The molecule has 0 aliphatic carbocycles. The first-order valence-corrected chi connectivity index (χ1v) is 7.66. The van der Waals surface area contributed by atoms with E-state index in [1.807, 2.05) is 38.1 Å². The quantitative estimate of drug-likeness (QED) is 0.785. The van der Waals surface area contributed by atoms with Gasteiger partial charge in [0.1, 0.15) is 0 Å². The summed E-state index contributed by atoms with van der Waals surface area (Å²) < 4.78 is 0.915. The number of imide groups is 1. The molecule has 2 atom stereocenters. The van der Waals surface area contributed by atoms with Crippen LogP contribution in [0.3, 0.4) is 0 Å². The minimum absolute atomic E-state index is 0.100. The number of fused-ring (bicyclic) bond motifs is 1. The van der Waals surface area contributed by atoms with Gasteiger partial charge in [-0.2, -0.15) is 0 Å². The Balaban J connectivity index is 2.03. The third-order valence-electron chi connectivity index (χ3n) is 4.14. The molecule has 3 rings (SSSR count). The number of hydrogen-bond acceptors (Lipinski definition) is 3. The van der Waals surface area contributed by atoms with Gasteiger partial charge in [0.2, 0.25) is 11.8 Å². The van der Waals surface area contributed by atoms with Crippen LogP contribution in [0.5, 0.6) is 0 Å². The van der Waals surface area contributed by atoms with Gasteiger partial charge in [-0.1, -0.05) is 35.8 Å². The second kappa shape index (κ2) is 5.22. The minimum Gasteiger partial charge on any atom is -0.278 e. The molecule has 2 heterocycles. The van der Waals surface area contributed by atoms with Crippen molar-refractivity contribution in [3.05, 3.63) is 40.5 Å². The first-order chi connectivity index (χ1) is 9.99. The number of carbonyl (C=O) groups is 2. The van der Waals surface area contributed by atoms with E-state index in [1.165, 1.54) is 4.90 Å². The Bertz CT molecular complexity index is 724. The highest BCUT2D eigenvalue weighted by atomic mass is 79.9. The molecule has 0 spiro atoms. The summed E-state index contributed by atoms with van der Waals surface area (Å²) in [7, 11) is 0. The van der Waals surface area contributed by atoms with E-state index in [0.29, 0.717) is 0 Å². The average molecular weight is 347 g/mol. The largest absolute Gasteiger partial charge is 0.278 e. The zero-order valence-electron chi connectivity index (χ0n) is 11.8. The highest BCUT2D eigenvalue weighted by Crippen LogP contribution is 2.29. The van der Waals surface area contributed by atoms with Crippen LogP contribution in [0.2, 0.25) is 0 Å². The molecule has 2 amide bonds. The van der Waals surface area contributed by atoms with Crippen LogP contribution in [0, 0.1) is 11.8 Å². The lowest BCUT2D eigenvalue weighted by atomic mass is 10.00. The van der Waals surface area contributed by atoms with E-state index in [2.05, 4.69) is 20.9 Å². The van der Waals surface area contributed by atoms with Crippen LogP contribution in [0.25, 0.3) is 10.9 Å². The highest BCUT2D eigenvalue weighted by Gasteiger charge is 2.42. The van der Waals surface area contributed by atoms with Crippen molar-refractivity contribution in [2.45, 2.75) is 20.4 Å². The molecule has 5 heteroatoms. The normalized spacial score (nSPS) is 22.3. The fourth-order valence-electron chi connectivity index (χ4n) is 2.70. The number of carbonyl (C=O) groups excluding carboxylic acids is 2. The second-order valence-electron chi connectivity index (χ2n) is 5.48. The average Bonchev–Trinajstić information content (AvgIpc) is 2.65. The van der Waals surface area contributed by atoms with Gasteiger partial charge in [0.05, 0.1) is 12.1 Å². The van der Waals surface area contributed by atoms with E-state index in [-0.39, 0.29) is 30.2 Å². The van der Waals surface area contributed by atoms with Gasteiger partial charge in [0.15, 0.2) is 0 Å². The maximum atomic E-state index is 12.2. The van der Waals surface area contributed by atoms with E-state index in [0.717, 1.165) is 20.9 Å². The molecule has 1 aromatic carbocycles. The van der Waals surface area contributed by atoms with Crippen molar-refractivity contribution < 1.29 is 9.59 Å². The number of nitrogens with zero attached hydrogens (tertiary/aromatic N) is 2. The fourth-order valence-corrected chi connectivity index (χ4v) is 3.23. The molecule has 0 radical (unpaired) electrons. The Kier molecular flexibility index (Phi) is 3.53. The van der Waals surface area contributed by atoms with Crippen LogP contribution in [0.1, 0.15) is 19.4 Å². The van der Waals surface area contributed by atoms with Crippen molar-refractivity contribution in [2.24, 2.45) is 11.8 Å². The Morgan fingerprint density at radius 2 is 1.86 bits per heavy atom. The molecule has 0 saturated carbocycles. The molecule has 1 aliphatic heterocycles. The van der Waals surface area contributed by atoms with Gasteiger partial charge in [0, 0.05) is 27.9 Å². The van der Waals surface area contributed by atoms with E-state index in [4.69, 9.17) is 0 Å². The third-order valence-corrected chi connectivity index (χ3v) is 4.60. The maximum absolute atomic E-state index is 12.2. The Morgan fingerprint density at radius 1 is 1.19 bits per heavy atom. The van der Waals surface area contributed by atoms with Crippen molar-refractivity contribution in [1.82, 2.24) is 9.88 Å². The molecule has 1 fully saturated rings. The van der Waals surface area contributed by atoms with Crippen molar-refractivity contribution in [3.63, 3.8) is 0 Å². The standard InChI is InChI=1S/C16H15BrN2O2/c1-9-10(2)16(21)19(15(9)20)8-12-7-13(17)6-11-4-3-5-18-14(11)12/h3-7,9-10H,8H2,1-2H3/t9-,10-/m1/s1. The van der Waals surface area contributed by atoms with E-state index < -0.39 is 0 Å². The second-order valence-corrected chi connectivity index (χ2v) is 6.40. The summed E-state index contributed by atoms with van der Waals surface area (Å²) in [6.45, 7) is 3.89. The molecular formula is C16H15BrN2O2. The van der Waals surface area contributed by atoms with Crippen molar-refractivity contribution in [2.75, 3.05) is 0 Å². The molecule has 108 valence electrons. The summed E-state index contributed by atoms with van der Waals surface area (Å²) in [6, 6.07) is 7.73. The number of pyridine rings is 1. The van der Waals surface area contributed by atoms with Gasteiger partial charge in [-0.25, -0.2) is 0 Å². The van der Waals surface area contributed by atoms with Gasteiger partial charge in [-0.05, 0) is 23.8 Å². The monoisotopic (exact) mass is 346 g/mol. The lowest BCUT2D eigenvalue weighted by Gasteiger charge is -2.16. The van der Waals surface area contributed by atoms with Gasteiger partial charge < -0.3 is 0 Å². The third kappa shape index (κ3) is 2.35. The molecule has 1 aliphatic rings. The smallest absolute Gasteiger partial charge is 0.233 e. The first kappa shape index (κ1) is 14.2. The van der Waals surface area contributed by atoms with Crippen LogP contribution in [-0.4, -0.2) is 21.7 Å². The van der Waals surface area contributed by atoms with Crippen molar-refractivity contribution >= 4 is 38.6 Å². The molecule has 1 saturated heterocycles. The van der Waals surface area contributed by atoms with Gasteiger partial charge >= 0.3 is 0 Å². The topological polar surface area (TPSA) is 50.3 Å². The molecule has 0 bridgehead atoms. The molecule has 0 N–H and O–H groups in total. The summed E-state index contributed by atoms with van der Waals surface area (Å²) in [4.78, 5) is 30.2. The number of hydrogen-bond donors (Lipinski definition) is 0. The van der Waals surface area contributed by atoms with Crippen LogP contribution in [0.15, 0.2) is 34.9 Å². The fraction of sp³-hybridized carbons (Fsp3) is 0.312. The van der Waals surface area contributed by atoms with Crippen molar-refractivity contribution in [3.8, 4) is 0 Å². The number of halogens is 1. The number of likely N-dealkylation sites (tertiary alicyclic amines) is 1. The summed E-state index contributed by atoms with van der Waals surface area (Å²) in [5.74, 6) is -0.694. The van der Waals surface area contributed by atoms with Crippen LogP contribution >= 0.6 is 15.9 Å². The van der Waals surface area contributed by atoms with Gasteiger partial charge in [-0.15, -0.1) is 0 Å². The van der Waals surface area contributed by atoms with E-state index in [1.54, 1.807) is 6.20 Å². The molecule has 4 nitrogen and oxygen atoms in total. The zero-order chi connectivity index (χ0) is 15.1. The number of aromatic nitrogens is 1. The molecule has 2 aromatic rings. The highest BCUT2D eigenvalue weighted by molar-refractivity contribution is 9.10. The lowest BCUT2D eigenvalue weighted by molar-refractivity contribution is -0.140. The zero-order valence-corrected chi connectivity index (χ0v) is 13.4. The van der Waals surface area contributed by atoms with Gasteiger partial charge in [-0.3, -0.25) is 19.5 Å². The summed E-state index contributed by atoms with van der Waals surface area (Å²) in [6.07, 6.45) is 1.72. The predicted octanol–water partition coefficient (Wildman–Crippen LogP) is 3.14. The Hall–Kier alpha value is -1.75. The van der Waals surface area contributed by atoms with Crippen LogP contribution in [0.4, 0.5) is 0 Å². The summed E-state index contributed by atoms with van der Waals surface area (Å²) in [5.41, 5.74) is 1.71. The molecular weight excluding hydrogens is 332 g/mol. The number of rotatable bonds is 2. The Labute approximate surface area is 131 Å². The summed E-state index contributed by atoms with van der Waals surface area (Å²) in [5, 5.41) is 0.988. The maximum Gasteiger partial charge on any atom is 0.233 e. The van der Waals surface area contributed by atoms with E-state index in [9.17, 15) is 9.59 Å². The van der Waals surface area contributed by atoms with Crippen LogP contribution < -0.4 is 0 Å². The molecule has 1 aromatic heterocycles. The number of amides is 2. The Morgan fingerprint density at radius 3 is 2.52 bits per heavy atom. The first-order valence-electron chi connectivity index (χ1n) is 6.87. The summed E-state index contributed by atoms with van der Waals surface area (Å²) >= 11 is 3.47. The van der Waals surface area contributed by atoms with Crippen molar-refractivity contribution in [1.29, 1.82) is 0 Å². The van der Waals surface area contributed by atoms with Gasteiger partial charge in [0.25, 0.3) is 0 Å². The SMILES string of the molecule is C[C@H]1C(=O)N(Cc2cc(Br)cc3cccnc23)C(=O)[C@@H]1C. The lowest BCUT2D eigenvalue weighted by Crippen LogP contribution is -2.30. The number of benzene rings is 1. The predicted molar refractivity (Wildman–Crippen MR) is 83.3 cm³/mol. The van der Waals surface area contributed by atoms with E-state index >= 15 is 0 Å². The van der Waals surface area contributed by atoms with Crippen LogP contribution in [-0.2, 0) is 16.1 Å². The molecule has 0 unspecified atom stereocenters.